The number of aromatic carboxylic acids is 1. The Labute approximate surface area is 119 Å². The lowest BCUT2D eigenvalue weighted by Gasteiger charge is -2.25. The number of carboxylic acids is 1. The molecule has 0 saturated carbocycles. The van der Waals surface area contributed by atoms with Crippen LogP contribution in [0.25, 0.3) is 0 Å². The minimum atomic E-state index is -0.944. The van der Waals surface area contributed by atoms with Crippen molar-refractivity contribution in [3.8, 4) is 0 Å². The Morgan fingerprint density at radius 3 is 2.20 bits per heavy atom. The molecule has 1 aromatic carbocycles. The van der Waals surface area contributed by atoms with Crippen LogP contribution in [0, 0.1) is 0 Å². The number of rotatable bonds is 6. The van der Waals surface area contributed by atoms with Gasteiger partial charge in [0.15, 0.2) is 0 Å². The summed E-state index contributed by atoms with van der Waals surface area (Å²) in [7, 11) is 3.54. The van der Waals surface area contributed by atoms with Gasteiger partial charge in [0.25, 0.3) is 0 Å². The second kappa shape index (κ2) is 7.53. The molecule has 2 amide bonds. The highest BCUT2D eigenvalue weighted by Gasteiger charge is 2.14. The van der Waals surface area contributed by atoms with Crippen LogP contribution in [0.2, 0.25) is 0 Å². The maximum Gasteiger partial charge on any atom is 0.335 e. The molecule has 1 rings (SSSR count). The second-order valence-electron chi connectivity index (χ2n) is 4.92. The number of carbonyl (C=O) groups is 2. The van der Waals surface area contributed by atoms with Crippen LogP contribution in [0.1, 0.15) is 35.7 Å². The van der Waals surface area contributed by atoms with Gasteiger partial charge in [0.1, 0.15) is 0 Å². The molecule has 0 aliphatic carbocycles. The van der Waals surface area contributed by atoms with E-state index in [4.69, 9.17) is 5.11 Å². The van der Waals surface area contributed by atoms with Crippen molar-refractivity contribution in [2.75, 3.05) is 20.6 Å². The molecule has 0 spiro atoms. The molecule has 0 radical (unpaired) electrons. The highest BCUT2D eigenvalue weighted by atomic mass is 16.4. The van der Waals surface area contributed by atoms with Crippen LogP contribution in [0.4, 0.5) is 4.79 Å². The maximum absolute atomic E-state index is 12.1. The monoisotopic (exact) mass is 278 g/mol. The molecule has 5 nitrogen and oxygen atoms in total. The average molecular weight is 278 g/mol. The fraction of sp³-hybridized carbons (Fsp3) is 0.467. The van der Waals surface area contributed by atoms with Gasteiger partial charge >= 0.3 is 12.0 Å². The highest BCUT2D eigenvalue weighted by Crippen LogP contribution is 2.08. The molecule has 0 saturated heterocycles. The molecule has 0 aliphatic rings. The second-order valence-corrected chi connectivity index (χ2v) is 4.92. The normalized spacial score (nSPS) is 10.2. The first-order valence-electron chi connectivity index (χ1n) is 6.74. The van der Waals surface area contributed by atoms with Crippen LogP contribution < -0.4 is 0 Å². The van der Waals surface area contributed by atoms with Gasteiger partial charge < -0.3 is 14.9 Å². The summed E-state index contributed by atoms with van der Waals surface area (Å²) in [4.78, 5) is 26.2. The minimum absolute atomic E-state index is 0.0271. The highest BCUT2D eigenvalue weighted by molar-refractivity contribution is 5.87. The molecule has 0 unspecified atom stereocenters. The molecule has 20 heavy (non-hydrogen) atoms. The molecule has 1 N–H and O–H groups in total. The fourth-order valence-electron chi connectivity index (χ4n) is 1.88. The molecule has 5 heteroatoms. The van der Waals surface area contributed by atoms with Crippen LogP contribution in [0.15, 0.2) is 24.3 Å². The van der Waals surface area contributed by atoms with Gasteiger partial charge in [-0.05, 0) is 24.1 Å². The number of benzene rings is 1. The first kappa shape index (κ1) is 16.0. The van der Waals surface area contributed by atoms with Crippen LogP contribution in [0.3, 0.4) is 0 Å². The zero-order valence-corrected chi connectivity index (χ0v) is 12.3. The van der Waals surface area contributed by atoms with Crippen molar-refractivity contribution in [2.45, 2.75) is 26.3 Å². The third-order valence-electron chi connectivity index (χ3n) is 3.12. The summed E-state index contributed by atoms with van der Waals surface area (Å²) < 4.78 is 0. The zero-order valence-electron chi connectivity index (χ0n) is 12.3. The van der Waals surface area contributed by atoms with Gasteiger partial charge in [-0.1, -0.05) is 25.5 Å². The van der Waals surface area contributed by atoms with Gasteiger partial charge in [-0.2, -0.15) is 0 Å². The molecule has 0 atom stereocenters. The van der Waals surface area contributed by atoms with E-state index in [1.54, 1.807) is 48.2 Å². The van der Waals surface area contributed by atoms with Crippen molar-refractivity contribution in [3.05, 3.63) is 35.4 Å². The molecule has 0 heterocycles. The van der Waals surface area contributed by atoms with Crippen LogP contribution >= 0.6 is 0 Å². The first-order chi connectivity index (χ1) is 9.45. The number of carboxylic acid groups (broad SMARTS) is 1. The van der Waals surface area contributed by atoms with E-state index in [0.29, 0.717) is 6.54 Å². The zero-order chi connectivity index (χ0) is 15.1. The maximum atomic E-state index is 12.1. The molecule has 0 bridgehead atoms. The largest absolute Gasteiger partial charge is 0.478 e. The molecular weight excluding hydrogens is 256 g/mol. The van der Waals surface area contributed by atoms with Crippen molar-refractivity contribution >= 4 is 12.0 Å². The van der Waals surface area contributed by atoms with Crippen molar-refractivity contribution < 1.29 is 14.7 Å². The van der Waals surface area contributed by atoms with Gasteiger partial charge in [0, 0.05) is 27.2 Å². The Kier molecular flexibility index (Phi) is 6.03. The van der Waals surface area contributed by atoms with E-state index in [1.165, 1.54) is 0 Å². The molecule has 1 aromatic rings. The van der Waals surface area contributed by atoms with Crippen LogP contribution in [-0.4, -0.2) is 47.5 Å². The SMILES string of the molecule is CCCCN(C)C(=O)N(C)Cc1ccc(C(=O)O)cc1. The number of unbranched alkanes of at least 4 members (excludes halogenated alkanes) is 1. The molecule has 0 aromatic heterocycles. The Hall–Kier alpha value is -2.04. The summed E-state index contributed by atoms with van der Waals surface area (Å²) in [6.07, 6.45) is 2.04. The first-order valence-corrected chi connectivity index (χ1v) is 6.74. The van der Waals surface area contributed by atoms with Crippen molar-refractivity contribution in [3.63, 3.8) is 0 Å². The summed E-state index contributed by atoms with van der Waals surface area (Å²) in [6, 6.07) is 6.55. The standard InChI is InChI=1S/C15H22N2O3/c1-4-5-10-16(2)15(20)17(3)11-12-6-8-13(9-7-12)14(18)19/h6-9H,4-5,10-11H2,1-3H3,(H,18,19). The number of hydrogen-bond acceptors (Lipinski definition) is 2. The van der Waals surface area contributed by atoms with Crippen LogP contribution in [-0.2, 0) is 6.54 Å². The van der Waals surface area contributed by atoms with Crippen molar-refractivity contribution in [1.29, 1.82) is 0 Å². The average Bonchev–Trinajstić information content (AvgIpc) is 2.44. The lowest BCUT2D eigenvalue weighted by atomic mass is 10.1. The smallest absolute Gasteiger partial charge is 0.335 e. The number of nitrogens with zero attached hydrogens (tertiary/aromatic N) is 2. The van der Waals surface area contributed by atoms with E-state index < -0.39 is 5.97 Å². The third-order valence-corrected chi connectivity index (χ3v) is 3.12. The number of carbonyl (C=O) groups excluding carboxylic acids is 1. The fourth-order valence-corrected chi connectivity index (χ4v) is 1.88. The van der Waals surface area contributed by atoms with E-state index in [0.717, 1.165) is 24.9 Å². The van der Waals surface area contributed by atoms with Gasteiger partial charge in [-0.25, -0.2) is 9.59 Å². The van der Waals surface area contributed by atoms with E-state index in [1.807, 2.05) is 0 Å². The Morgan fingerprint density at radius 2 is 1.70 bits per heavy atom. The summed E-state index contributed by atoms with van der Waals surface area (Å²) >= 11 is 0. The Bertz CT molecular complexity index is 457. The third kappa shape index (κ3) is 4.57. The van der Waals surface area contributed by atoms with Crippen LogP contribution in [0.5, 0.6) is 0 Å². The number of amides is 2. The molecular formula is C15H22N2O3. The summed E-state index contributed by atoms with van der Waals surface area (Å²) in [6.45, 7) is 3.30. The minimum Gasteiger partial charge on any atom is -0.478 e. The van der Waals surface area contributed by atoms with E-state index in [2.05, 4.69) is 6.92 Å². The molecule has 0 aliphatic heterocycles. The lowest BCUT2D eigenvalue weighted by Crippen LogP contribution is -2.38. The van der Waals surface area contributed by atoms with Gasteiger partial charge in [0.2, 0.25) is 0 Å². The molecule has 110 valence electrons. The van der Waals surface area contributed by atoms with E-state index >= 15 is 0 Å². The van der Waals surface area contributed by atoms with E-state index in [-0.39, 0.29) is 11.6 Å². The quantitative estimate of drug-likeness (QED) is 0.870. The summed E-state index contributed by atoms with van der Waals surface area (Å²) in [5.41, 5.74) is 1.16. The van der Waals surface area contributed by atoms with Crippen molar-refractivity contribution in [1.82, 2.24) is 9.80 Å². The van der Waals surface area contributed by atoms with E-state index in [9.17, 15) is 9.59 Å². The van der Waals surface area contributed by atoms with Crippen molar-refractivity contribution in [2.24, 2.45) is 0 Å². The molecule has 0 fully saturated rings. The van der Waals surface area contributed by atoms with Gasteiger partial charge in [-0.3, -0.25) is 0 Å². The summed E-state index contributed by atoms with van der Waals surface area (Å²) in [5, 5.41) is 8.83. The predicted octanol–water partition coefficient (Wildman–Crippen LogP) is 2.67. The van der Waals surface area contributed by atoms with Gasteiger partial charge in [-0.15, -0.1) is 0 Å². The lowest BCUT2D eigenvalue weighted by molar-refractivity contribution is 0.0697. The Morgan fingerprint density at radius 1 is 1.10 bits per heavy atom. The number of hydrogen-bond donors (Lipinski definition) is 1. The number of urea groups is 1. The Balaban J connectivity index is 2.58. The summed E-state index contributed by atoms with van der Waals surface area (Å²) in [5.74, 6) is -0.944. The topological polar surface area (TPSA) is 60.9 Å². The predicted molar refractivity (Wildman–Crippen MR) is 77.8 cm³/mol. The van der Waals surface area contributed by atoms with Gasteiger partial charge in [0.05, 0.1) is 5.56 Å².